The molecule has 0 aromatic heterocycles. The molecular formula is C14H23N3O2S. The highest BCUT2D eigenvalue weighted by Crippen LogP contribution is 2.32. The maximum atomic E-state index is 11.4. The van der Waals surface area contributed by atoms with E-state index in [2.05, 4.69) is 19.2 Å². The number of hydrogen-bond donors (Lipinski definition) is 3. The molecule has 6 heteroatoms. The lowest BCUT2D eigenvalue weighted by atomic mass is 9.80. The van der Waals surface area contributed by atoms with Gasteiger partial charge >= 0.3 is 0 Å². The number of sulfonamides is 1. The fraction of sp³-hybridized carbons (Fsp3) is 0.571. The predicted octanol–water partition coefficient (Wildman–Crippen LogP) is 2.15. The van der Waals surface area contributed by atoms with E-state index >= 15 is 0 Å². The summed E-state index contributed by atoms with van der Waals surface area (Å²) in [6.45, 7) is 4.49. The third-order valence-electron chi connectivity index (χ3n) is 3.89. The standard InChI is InChI=1S/C14H23N3O2S/c1-9-5-10(2)7-11(6-9)17-14-8-12(20(16,18)19)3-4-13(14)15/h3-4,8-11,17H,5-7,15H2,1-2H3,(H2,16,18,19). The molecule has 0 heterocycles. The lowest BCUT2D eigenvalue weighted by molar-refractivity contribution is 0.281. The van der Waals surface area contributed by atoms with Gasteiger partial charge in [-0.1, -0.05) is 13.8 Å². The van der Waals surface area contributed by atoms with Crippen LogP contribution in [0.3, 0.4) is 0 Å². The van der Waals surface area contributed by atoms with Crippen molar-refractivity contribution in [1.82, 2.24) is 0 Å². The van der Waals surface area contributed by atoms with Crippen LogP contribution in [0.5, 0.6) is 0 Å². The van der Waals surface area contributed by atoms with Gasteiger partial charge in [0.25, 0.3) is 0 Å². The number of nitrogens with two attached hydrogens (primary N) is 2. The maximum absolute atomic E-state index is 11.4. The zero-order chi connectivity index (χ0) is 14.9. The number of benzene rings is 1. The van der Waals surface area contributed by atoms with Gasteiger partial charge in [0.2, 0.25) is 10.0 Å². The van der Waals surface area contributed by atoms with Crippen LogP contribution in [-0.2, 0) is 10.0 Å². The van der Waals surface area contributed by atoms with Gasteiger partial charge in [-0.3, -0.25) is 0 Å². The lowest BCUT2D eigenvalue weighted by Gasteiger charge is -2.33. The molecule has 0 aliphatic heterocycles. The molecule has 112 valence electrons. The van der Waals surface area contributed by atoms with Crippen LogP contribution in [0, 0.1) is 11.8 Å². The first-order valence-corrected chi connectivity index (χ1v) is 8.49. The Bertz CT molecular complexity index is 576. The molecule has 0 spiro atoms. The second kappa shape index (κ2) is 5.61. The van der Waals surface area contributed by atoms with Crippen molar-refractivity contribution in [2.75, 3.05) is 11.1 Å². The first-order chi connectivity index (χ1) is 9.25. The summed E-state index contributed by atoms with van der Waals surface area (Å²) in [6, 6.07) is 4.86. The molecule has 0 amide bonds. The van der Waals surface area contributed by atoms with Crippen LogP contribution in [-0.4, -0.2) is 14.5 Å². The molecule has 1 aromatic rings. The highest BCUT2D eigenvalue weighted by atomic mass is 32.2. The van der Waals surface area contributed by atoms with Crippen LogP contribution >= 0.6 is 0 Å². The summed E-state index contributed by atoms with van der Waals surface area (Å²) in [5.74, 6) is 1.33. The molecule has 1 aliphatic carbocycles. The summed E-state index contributed by atoms with van der Waals surface area (Å²) < 4.78 is 22.8. The third kappa shape index (κ3) is 3.64. The van der Waals surface area contributed by atoms with Gasteiger partial charge in [-0.15, -0.1) is 0 Å². The first kappa shape index (κ1) is 15.1. The molecule has 0 saturated heterocycles. The fourth-order valence-electron chi connectivity index (χ4n) is 3.12. The molecule has 2 rings (SSSR count). The van der Waals surface area contributed by atoms with E-state index in [1.807, 2.05) is 0 Å². The van der Waals surface area contributed by atoms with E-state index in [0.29, 0.717) is 29.3 Å². The predicted molar refractivity (Wildman–Crippen MR) is 81.8 cm³/mol. The Morgan fingerprint density at radius 2 is 1.75 bits per heavy atom. The Morgan fingerprint density at radius 3 is 2.30 bits per heavy atom. The number of nitrogen functional groups attached to an aromatic ring is 1. The molecule has 1 aromatic carbocycles. The molecule has 1 fully saturated rings. The molecule has 0 radical (unpaired) electrons. The number of anilines is 2. The molecule has 2 atom stereocenters. The first-order valence-electron chi connectivity index (χ1n) is 6.94. The largest absolute Gasteiger partial charge is 0.397 e. The zero-order valence-corrected chi connectivity index (χ0v) is 12.8. The number of rotatable bonds is 3. The molecule has 1 aliphatic rings. The van der Waals surface area contributed by atoms with Gasteiger partial charge in [0.05, 0.1) is 16.3 Å². The quantitative estimate of drug-likeness (QED) is 0.744. The van der Waals surface area contributed by atoms with Gasteiger partial charge in [0.15, 0.2) is 0 Å². The molecule has 20 heavy (non-hydrogen) atoms. The molecule has 5 N–H and O–H groups in total. The molecule has 5 nitrogen and oxygen atoms in total. The van der Waals surface area contributed by atoms with Gasteiger partial charge in [-0.25, -0.2) is 13.6 Å². The zero-order valence-electron chi connectivity index (χ0n) is 12.0. The molecule has 0 bridgehead atoms. The second-order valence-electron chi connectivity index (χ2n) is 6.05. The smallest absolute Gasteiger partial charge is 0.238 e. The second-order valence-corrected chi connectivity index (χ2v) is 7.61. The Hall–Kier alpha value is -1.27. The van der Waals surface area contributed by atoms with Crippen LogP contribution in [0.15, 0.2) is 23.1 Å². The monoisotopic (exact) mass is 297 g/mol. The van der Waals surface area contributed by atoms with Crippen LogP contribution in [0.4, 0.5) is 11.4 Å². The highest BCUT2D eigenvalue weighted by molar-refractivity contribution is 7.89. The minimum atomic E-state index is -3.70. The summed E-state index contributed by atoms with van der Waals surface area (Å²) >= 11 is 0. The molecule has 2 unspecified atom stereocenters. The van der Waals surface area contributed by atoms with E-state index in [-0.39, 0.29) is 4.90 Å². The van der Waals surface area contributed by atoms with E-state index in [1.54, 1.807) is 6.07 Å². The number of primary sulfonamides is 1. The normalized spacial score (nSPS) is 27.2. The summed E-state index contributed by atoms with van der Waals surface area (Å²) in [7, 11) is -3.70. The van der Waals surface area contributed by atoms with Crippen molar-refractivity contribution < 1.29 is 8.42 Å². The van der Waals surface area contributed by atoms with Crippen LogP contribution in [0.25, 0.3) is 0 Å². The lowest BCUT2D eigenvalue weighted by Crippen LogP contribution is -2.30. The van der Waals surface area contributed by atoms with Gasteiger partial charge in [-0.2, -0.15) is 0 Å². The number of hydrogen-bond acceptors (Lipinski definition) is 4. The summed E-state index contributed by atoms with van der Waals surface area (Å²) in [4.78, 5) is 0.0890. The van der Waals surface area contributed by atoms with Gasteiger partial charge < -0.3 is 11.1 Å². The van der Waals surface area contributed by atoms with Crippen molar-refractivity contribution in [1.29, 1.82) is 0 Å². The summed E-state index contributed by atoms with van der Waals surface area (Å²) in [6.07, 6.45) is 3.39. The SMILES string of the molecule is CC1CC(C)CC(Nc2cc(S(N)(=O)=O)ccc2N)C1. The van der Waals surface area contributed by atoms with E-state index in [1.165, 1.54) is 18.6 Å². The van der Waals surface area contributed by atoms with Crippen molar-refractivity contribution in [3.05, 3.63) is 18.2 Å². The van der Waals surface area contributed by atoms with Crippen molar-refractivity contribution in [2.45, 2.75) is 44.0 Å². The fourth-order valence-corrected chi connectivity index (χ4v) is 3.66. The average Bonchev–Trinajstić information content (AvgIpc) is 2.29. The topological polar surface area (TPSA) is 98.2 Å². The molecule has 1 saturated carbocycles. The van der Waals surface area contributed by atoms with Gasteiger partial charge in [0.1, 0.15) is 0 Å². The average molecular weight is 297 g/mol. The van der Waals surface area contributed by atoms with Gasteiger partial charge in [-0.05, 0) is 49.3 Å². The van der Waals surface area contributed by atoms with Crippen molar-refractivity contribution in [3.63, 3.8) is 0 Å². The van der Waals surface area contributed by atoms with Crippen molar-refractivity contribution in [2.24, 2.45) is 17.0 Å². The van der Waals surface area contributed by atoms with Crippen LogP contribution in [0.2, 0.25) is 0 Å². The molecular weight excluding hydrogens is 274 g/mol. The summed E-state index contributed by atoms with van der Waals surface area (Å²) in [5.41, 5.74) is 7.12. The van der Waals surface area contributed by atoms with E-state index in [4.69, 9.17) is 10.9 Å². The van der Waals surface area contributed by atoms with Crippen LogP contribution < -0.4 is 16.2 Å². The Labute approximate surface area is 120 Å². The Morgan fingerprint density at radius 1 is 1.15 bits per heavy atom. The summed E-state index contributed by atoms with van der Waals surface area (Å²) in [5, 5.41) is 8.53. The minimum absolute atomic E-state index is 0.0890. The van der Waals surface area contributed by atoms with Gasteiger partial charge in [0, 0.05) is 6.04 Å². The maximum Gasteiger partial charge on any atom is 0.238 e. The van der Waals surface area contributed by atoms with E-state index < -0.39 is 10.0 Å². The van der Waals surface area contributed by atoms with Crippen molar-refractivity contribution >= 4 is 21.4 Å². The van der Waals surface area contributed by atoms with E-state index in [0.717, 1.165) is 12.8 Å². The Balaban J connectivity index is 2.20. The van der Waals surface area contributed by atoms with E-state index in [9.17, 15) is 8.42 Å². The Kier molecular flexibility index (Phi) is 4.25. The number of nitrogens with one attached hydrogen (secondary N) is 1. The third-order valence-corrected chi connectivity index (χ3v) is 4.80. The minimum Gasteiger partial charge on any atom is -0.397 e. The highest BCUT2D eigenvalue weighted by Gasteiger charge is 2.24. The van der Waals surface area contributed by atoms with Crippen LogP contribution in [0.1, 0.15) is 33.1 Å². The van der Waals surface area contributed by atoms with Crippen molar-refractivity contribution in [3.8, 4) is 0 Å².